The van der Waals surface area contributed by atoms with E-state index in [-0.39, 0.29) is 17.9 Å². The minimum absolute atomic E-state index is 0.201. The molecule has 18 heavy (non-hydrogen) atoms. The predicted molar refractivity (Wildman–Crippen MR) is 75.8 cm³/mol. The van der Waals surface area contributed by atoms with Gasteiger partial charge in [-0.1, -0.05) is 0 Å². The van der Waals surface area contributed by atoms with Gasteiger partial charge in [0.1, 0.15) is 0 Å². The molecule has 0 fully saturated rings. The van der Waals surface area contributed by atoms with Gasteiger partial charge in [0.05, 0.1) is 0 Å². The van der Waals surface area contributed by atoms with E-state index in [1.807, 2.05) is 33.8 Å². The second kappa shape index (κ2) is 8.04. The van der Waals surface area contributed by atoms with Crippen molar-refractivity contribution in [1.82, 2.24) is 0 Å². The number of nitrogens with zero attached hydrogens (tertiary/aromatic N) is 1. The molecule has 6 heteroatoms. The molecule has 0 aliphatic rings. The first kappa shape index (κ1) is 17.8. The zero-order chi connectivity index (χ0) is 14.3. The van der Waals surface area contributed by atoms with E-state index in [1.54, 1.807) is 0 Å². The zero-order valence-electron chi connectivity index (χ0n) is 11.8. The van der Waals surface area contributed by atoms with E-state index < -0.39 is 19.4 Å². The fourth-order valence-electron chi connectivity index (χ4n) is 2.55. The minimum atomic E-state index is -2.46. The molecule has 0 aromatic rings. The Bertz CT molecular complexity index is 271. The second-order valence-corrected chi connectivity index (χ2v) is 10.2. The number of rotatable bonds is 8. The maximum absolute atomic E-state index is 9.83. The number of hydrogen-bond acceptors (Lipinski definition) is 5. The Morgan fingerprint density at radius 2 is 1.78 bits per heavy atom. The molecule has 0 heterocycles. The molecule has 0 aromatic heterocycles. The van der Waals surface area contributed by atoms with Crippen molar-refractivity contribution >= 4 is 7.49 Å². The van der Waals surface area contributed by atoms with Crippen LogP contribution in [0.3, 0.4) is 0 Å². The summed E-state index contributed by atoms with van der Waals surface area (Å²) in [4.78, 5) is 0. The van der Waals surface area contributed by atoms with E-state index in [0.29, 0.717) is 13.0 Å². The summed E-state index contributed by atoms with van der Waals surface area (Å²) in [6.45, 7) is 8.10. The average Bonchev–Trinajstić information content (AvgIpc) is 2.32. The Kier molecular flexibility index (Phi) is 7.93. The monoisotopic (exact) mass is 278 g/mol. The summed E-state index contributed by atoms with van der Waals surface area (Å²) in [5.41, 5.74) is 6.54. The van der Waals surface area contributed by atoms with Crippen molar-refractivity contribution in [3.63, 3.8) is 0 Å². The molecule has 0 bridgehead atoms. The third-order valence-corrected chi connectivity index (χ3v) is 9.23. The van der Waals surface area contributed by atoms with Crippen LogP contribution in [-0.2, 0) is 4.52 Å². The Hall–Kier alpha value is -0.240. The number of hydrogen-bond donors (Lipinski definition) is 3. The van der Waals surface area contributed by atoms with Gasteiger partial charge in [0, 0.05) is 0 Å². The molecule has 2 atom stereocenters. The van der Waals surface area contributed by atoms with E-state index >= 15 is 0 Å². The molecule has 0 saturated heterocycles. The first-order chi connectivity index (χ1) is 8.34. The van der Waals surface area contributed by atoms with Gasteiger partial charge in [-0.2, -0.15) is 0 Å². The molecule has 108 valence electrons. The number of aliphatic hydroxyl groups is 2. The van der Waals surface area contributed by atoms with Gasteiger partial charge in [0.2, 0.25) is 0 Å². The van der Waals surface area contributed by atoms with Crippen LogP contribution in [0.1, 0.15) is 34.1 Å². The van der Waals surface area contributed by atoms with Crippen LogP contribution in [0.25, 0.3) is 0 Å². The molecule has 0 aromatic carbocycles. The van der Waals surface area contributed by atoms with E-state index in [9.17, 15) is 5.11 Å². The molecular formula is C12H27N2O3P. The Morgan fingerprint density at radius 3 is 2.11 bits per heavy atom. The topological polar surface area (TPSA) is 99.5 Å². The van der Waals surface area contributed by atoms with Gasteiger partial charge < -0.3 is 0 Å². The molecule has 0 aliphatic heterocycles. The van der Waals surface area contributed by atoms with E-state index in [1.165, 1.54) is 0 Å². The fraction of sp³-hybridized carbons (Fsp3) is 0.917. The molecule has 0 unspecified atom stereocenters. The van der Waals surface area contributed by atoms with E-state index in [2.05, 4.69) is 0 Å². The Balaban J connectivity index is 5.16. The SMILES string of the molecule is CC(C)[PH](OCCC#N)(C(C)C)[C@@H](N)[C@H](O)CO. The molecule has 0 rings (SSSR count). The summed E-state index contributed by atoms with van der Waals surface area (Å²) in [6, 6.07) is 2.04. The average molecular weight is 278 g/mol. The molecular weight excluding hydrogens is 251 g/mol. The Morgan fingerprint density at radius 1 is 1.28 bits per heavy atom. The molecule has 0 radical (unpaired) electrons. The quantitative estimate of drug-likeness (QED) is 0.455. The van der Waals surface area contributed by atoms with Crippen LogP contribution in [0.4, 0.5) is 0 Å². The molecule has 0 saturated carbocycles. The fourth-order valence-corrected chi connectivity index (χ4v) is 7.45. The van der Waals surface area contributed by atoms with Gasteiger partial charge >= 0.3 is 110 Å². The van der Waals surface area contributed by atoms with Crippen LogP contribution in [0.2, 0.25) is 0 Å². The predicted octanol–water partition coefficient (Wildman–Crippen LogP) is 1.04. The zero-order valence-corrected chi connectivity index (χ0v) is 12.8. The van der Waals surface area contributed by atoms with E-state index in [0.717, 1.165) is 0 Å². The van der Waals surface area contributed by atoms with Crippen molar-refractivity contribution in [3.8, 4) is 6.07 Å². The summed E-state index contributed by atoms with van der Waals surface area (Å²) in [6.07, 6.45) is -0.653. The second-order valence-electron chi connectivity index (χ2n) is 5.20. The third-order valence-electron chi connectivity index (χ3n) is 3.49. The Labute approximate surface area is 110 Å². The van der Waals surface area contributed by atoms with Crippen molar-refractivity contribution in [2.45, 2.75) is 57.3 Å². The summed E-state index contributed by atoms with van der Waals surface area (Å²) in [5, 5.41) is 27.5. The van der Waals surface area contributed by atoms with Crippen LogP contribution >= 0.6 is 7.49 Å². The van der Waals surface area contributed by atoms with Crippen LogP contribution in [0.5, 0.6) is 0 Å². The van der Waals surface area contributed by atoms with Crippen LogP contribution < -0.4 is 5.73 Å². The number of nitriles is 1. The molecule has 4 N–H and O–H groups in total. The van der Waals surface area contributed by atoms with Gasteiger partial charge in [0.25, 0.3) is 0 Å². The first-order valence-corrected chi connectivity index (χ1v) is 8.54. The molecule has 0 amide bonds. The van der Waals surface area contributed by atoms with Crippen LogP contribution in [0.15, 0.2) is 0 Å². The van der Waals surface area contributed by atoms with Gasteiger partial charge in [-0.25, -0.2) is 0 Å². The van der Waals surface area contributed by atoms with Crippen molar-refractivity contribution in [2.75, 3.05) is 13.2 Å². The standard InChI is InChI=1S/C12H27N2O3P/c1-9(2)18(10(3)4,17-7-5-6-13)12(14)11(16)8-15/h9-12,15-16,18H,5,7-8,14H2,1-4H3/t11-,12-/m1/s1. The number of aliphatic hydroxyl groups excluding tert-OH is 2. The molecule has 0 aliphatic carbocycles. The van der Waals surface area contributed by atoms with Gasteiger partial charge in [-0.3, -0.25) is 0 Å². The third kappa shape index (κ3) is 3.88. The van der Waals surface area contributed by atoms with Crippen LogP contribution in [0, 0.1) is 11.3 Å². The van der Waals surface area contributed by atoms with Crippen molar-refractivity contribution in [2.24, 2.45) is 5.73 Å². The first-order valence-electron chi connectivity index (χ1n) is 6.39. The maximum atomic E-state index is 9.83. The summed E-state index contributed by atoms with van der Waals surface area (Å²) in [5.74, 6) is -0.554. The van der Waals surface area contributed by atoms with E-state index in [4.69, 9.17) is 20.6 Å². The van der Waals surface area contributed by atoms with Gasteiger partial charge in [-0.05, 0) is 0 Å². The van der Waals surface area contributed by atoms with Crippen molar-refractivity contribution < 1.29 is 14.7 Å². The molecule has 0 spiro atoms. The van der Waals surface area contributed by atoms with Crippen LogP contribution in [-0.4, -0.2) is 46.6 Å². The number of nitrogens with two attached hydrogens (primary N) is 1. The normalized spacial score (nSPS) is 16.7. The summed E-state index contributed by atoms with van der Waals surface area (Å²) in [7, 11) is -2.46. The summed E-state index contributed by atoms with van der Waals surface area (Å²) < 4.78 is 6.00. The summed E-state index contributed by atoms with van der Waals surface area (Å²) >= 11 is 0. The van der Waals surface area contributed by atoms with Gasteiger partial charge in [0.15, 0.2) is 0 Å². The van der Waals surface area contributed by atoms with Gasteiger partial charge in [-0.15, -0.1) is 0 Å². The molecule has 5 nitrogen and oxygen atoms in total. The van der Waals surface area contributed by atoms with Crippen molar-refractivity contribution in [1.29, 1.82) is 5.26 Å². The van der Waals surface area contributed by atoms with Crippen molar-refractivity contribution in [3.05, 3.63) is 0 Å².